The molecule has 0 heterocycles. The van der Waals surface area contributed by atoms with Crippen molar-refractivity contribution in [1.29, 1.82) is 0 Å². The molecule has 2 amide bonds. The summed E-state index contributed by atoms with van der Waals surface area (Å²) in [6, 6.07) is 13.1. The maximum Gasteiger partial charge on any atom is 0.239 e. The van der Waals surface area contributed by atoms with E-state index in [0.717, 1.165) is 11.3 Å². The van der Waals surface area contributed by atoms with Crippen molar-refractivity contribution in [1.82, 2.24) is 5.32 Å². The highest BCUT2D eigenvalue weighted by Gasteiger charge is 2.35. The fourth-order valence-corrected chi connectivity index (χ4v) is 2.33. The first kappa shape index (κ1) is 19.4. The number of ether oxygens (including phenoxy) is 1. The van der Waals surface area contributed by atoms with E-state index in [2.05, 4.69) is 10.6 Å². The Morgan fingerprint density at radius 2 is 1.81 bits per heavy atom. The molecule has 0 aliphatic heterocycles. The first-order chi connectivity index (χ1) is 12.3. The summed E-state index contributed by atoms with van der Waals surface area (Å²) >= 11 is 0. The van der Waals surface area contributed by atoms with Crippen molar-refractivity contribution in [3.05, 3.63) is 59.9 Å². The Hall–Kier alpha value is -2.89. The zero-order chi connectivity index (χ0) is 19.2. The minimum Gasteiger partial charge on any atom is -0.497 e. The maximum atomic E-state index is 13.2. The Balaban J connectivity index is 1.90. The monoisotopic (exact) mass is 358 g/mol. The van der Waals surface area contributed by atoms with Crippen molar-refractivity contribution in [3.8, 4) is 5.75 Å². The lowest BCUT2D eigenvalue weighted by molar-refractivity contribution is -0.138. The van der Waals surface area contributed by atoms with Gasteiger partial charge in [-0.05, 0) is 56.2 Å². The molecule has 26 heavy (non-hydrogen) atoms. The molecule has 0 bridgehead atoms. The van der Waals surface area contributed by atoms with E-state index in [1.807, 2.05) is 24.3 Å². The van der Waals surface area contributed by atoms with Gasteiger partial charge in [-0.3, -0.25) is 9.59 Å². The molecule has 0 aliphatic rings. The second-order valence-corrected chi connectivity index (χ2v) is 6.45. The molecule has 0 aliphatic carbocycles. The number of benzene rings is 2. The average molecular weight is 358 g/mol. The van der Waals surface area contributed by atoms with Gasteiger partial charge in [0, 0.05) is 12.2 Å². The predicted octanol–water partition coefficient (Wildman–Crippen LogP) is 3.16. The van der Waals surface area contributed by atoms with Crippen LogP contribution in [0.15, 0.2) is 48.5 Å². The van der Waals surface area contributed by atoms with Crippen LogP contribution in [0.4, 0.5) is 10.1 Å². The number of nitrogens with one attached hydrogen (secondary N) is 2. The molecular weight excluding hydrogens is 335 g/mol. The zero-order valence-corrected chi connectivity index (χ0v) is 15.1. The molecule has 0 aromatic heterocycles. The number of amides is 2. The van der Waals surface area contributed by atoms with E-state index in [1.54, 1.807) is 13.2 Å². The third-order valence-electron chi connectivity index (χ3n) is 4.05. The lowest BCUT2D eigenvalue weighted by Crippen LogP contribution is -2.45. The third kappa shape index (κ3) is 5.05. The number of carbonyl (C=O) groups excluding carboxylic acids is 2. The van der Waals surface area contributed by atoms with Crippen molar-refractivity contribution < 1.29 is 18.7 Å². The number of anilines is 1. The Morgan fingerprint density at radius 3 is 2.50 bits per heavy atom. The molecule has 0 radical (unpaired) electrons. The van der Waals surface area contributed by atoms with E-state index in [4.69, 9.17) is 4.74 Å². The van der Waals surface area contributed by atoms with Crippen LogP contribution in [0.3, 0.4) is 0 Å². The van der Waals surface area contributed by atoms with Gasteiger partial charge in [-0.15, -0.1) is 0 Å². The van der Waals surface area contributed by atoms with Crippen LogP contribution in [0.2, 0.25) is 0 Å². The van der Waals surface area contributed by atoms with Gasteiger partial charge in [-0.2, -0.15) is 0 Å². The Kier molecular flexibility index (Phi) is 6.33. The second kappa shape index (κ2) is 8.47. The molecule has 2 N–H and O–H groups in total. The summed E-state index contributed by atoms with van der Waals surface area (Å²) in [5.41, 5.74) is 0.0414. The predicted molar refractivity (Wildman–Crippen MR) is 98.5 cm³/mol. The molecule has 0 atom stereocenters. The largest absolute Gasteiger partial charge is 0.497 e. The molecule has 0 unspecified atom stereocenters. The van der Waals surface area contributed by atoms with Gasteiger partial charge in [-0.1, -0.05) is 18.2 Å². The molecule has 2 rings (SSSR count). The lowest BCUT2D eigenvalue weighted by atomic mass is 9.91. The van der Waals surface area contributed by atoms with Gasteiger partial charge in [0.25, 0.3) is 0 Å². The van der Waals surface area contributed by atoms with Crippen molar-refractivity contribution in [2.45, 2.75) is 20.3 Å². The molecule has 5 nitrogen and oxygen atoms in total. The first-order valence-corrected chi connectivity index (χ1v) is 8.31. The van der Waals surface area contributed by atoms with Crippen LogP contribution < -0.4 is 15.4 Å². The standard InChI is InChI=1S/C20H23FN2O3/c1-20(2,19(25)23-16-8-5-7-15(21)13-16)18(24)22-11-10-14-6-4-9-17(12-14)26-3/h4-9,12-13H,10-11H2,1-3H3,(H,22,24)(H,23,25). The van der Waals surface area contributed by atoms with Gasteiger partial charge >= 0.3 is 0 Å². The topological polar surface area (TPSA) is 67.4 Å². The van der Waals surface area contributed by atoms with Crippen molar-refractivity contribution in [2.24, 2.45) is 5.41 Å². The van der Waals surface area contributed by atoms with Crippen LogP contribution >= 0.6 is 0 Å². The van der Waals surface area contributed by atoms with Gasteiger partial charge in [0.05, 0.1) is 7.11 Å². The van der Waals surface area contributed by atoms with Gasteiger partial charge in [0.1, 0.15) is 17.0 Å². The van der Waals surface area contributed by atoms with E-state index in [0.29, 0.717) is 18.7 Å². The molecule has 0 saturated carbocycles. The Bertz CT molecular complexity index is 790. The lowest BCUT2D eigenvalue weighted by Gasteiger charge is -2.22. The Labute approximate surface area is 152 Å². The van der Waals surface area contributed by atoms with Gasteiger partial charge in [0.15, 0.2) is 0 Å². The maximum absolute atomic E-state index is 13.2. The van der Waals surface area contributed by atoms with Crippen LogP contribution in [0.1, 0.15) is 19.4 Å². The smallest absolute Gasteiger partial charge is 0.239 e. The second-order valence-electron chi connectivity index (χ2n) is 6.45. The minimum absolute atomic E-state index is 0.312. The van der Waals surface area contributed by atoms with Crippen LogP contribution in [-0.4, -0.2) is 25.5 Å². The normalized spacial score (nSPS) is 10.9. The number of hydrogen-bond acceptors (Lipinski definition) is 3. The number of methoxy groups -OCH3 is 1. The number of carbonyl (C=O) groups is 2. The van der Waals surface area contributed by atoms with E-state index in [9.17, 15) is 14.0 Å². The molecule has 0 fully saturated rings. The fourth-order valence-electron chi connectivity index (χ4n) is 2.33. The van der Waals surface area contributed by atoms with Crippen LogP contribution in [-0.2, 0) is 16.0 Å². The van der Waals surface area contributed by atoms with Gasteiger partial charge in [-0.25, -0.2) is 4.39 Å². The number of halogens is 1. The summed E-state index contributed by atoms with van der Waals surface area (Å²) in [6.07, 6.45) is 0.616. The molecule has 2 aromatic rings. The Morgan fingerprint density at radius 1 is 1.08 bits per heavy atom. The highest BCUT2D eigenvalue weighted by Crippen LogP contribution is 2.20. The van der Waals surface area contributed by atoms with Crippen LogP contribution in [0, 0.1) is 11.2 Å². The summed E-state index contributed by atoms with van der Waals surface area (Å²) < 4.78 is 18.4. The molecule has 0 spiro atoms. The molecule has 0 saturated heterocycles. The van der Waals surface area contributed by atoms with E-state index in [1.165, 1.54) is 32.0 Å². The summed E-state index contributed by atoms with van der Waals surface area (Å²) in [5.74, 6) is -0.594. The van der Waals surface area contributed by atoms with Crippen molar-refractivity contribution >= 4 is 17.5 Å². The van der Waals surface area contributed by atoms with Crippen LogP contribution in [0.5, 0.6) is 5.75 Å². The summed E-state index contributed by atoms with van der Waals surface area (Å²) in [4.78, 5) is 24.8. The highest BCUT2D eigenvalue weighted by atomic mass is 19.1. The summed E-state index contributed by atoms with van der Waals surface area (Å²) in [7, 11) is 1.60. The van der Waals surface area contributed by atoms with E-state index in [-0.39, 0.29) is 0 Å². The van der Waals surface area contributed by atoms with Gasteiger partial charge in [0.2, 0.25) is 11.8 Å². The average Bonchev–Trinajstić information content (AvgIpc) is 2.61. The first-order valence-electron chi connectivity index (χ1n) is 8.31. The minimum atomic E-state index is -1.29. The number of hydrogen-bond donors (Lipinski definition) is 2. The van der Waals surface area contributed by atoms with E-state index >= 15 is 0 Å². The van der Waals surface area contributed by atoms with Crippen molar-refractivity contribution in [2.75, 3.05) is 19.0 Å². The van der Waals surface area contributed by atoms with Crippen molar-refractivity contribution in [3.63, 3.8) is 0 Å². The number of rotatable bonds is 7. The molecular formula is C20H23FN2O3. The highest BCUT2D eigenvalue weighted by molar-refractivity contribution is 6.09. The zero-order valence-electron chi connectivity index (χ0n) is 15.1. The molecule has 6 heteroatoms. The van der Waals surface area contributed by atoms with E-state index < -0.39 is 23.0 Å². The fraction of sp³-hybridized carbons (Fsp3) is 0.300. The van der Waals surface area contributed by atoms with Crippen LogP contribution in [0.25, 0.3) is 0 Å². The summed E-state index contributed by atoms with van der Waals surface area (Å²) in [5, 5.41) is 5.34. The summed E-state index contributed by atoms with van der Waals surface area (Å²) in [6.45, 7) is 3.45. The SMILES string of the molecule is COc1cccc(CCNC(=O)C(C)(C)C(=O)Nc2cccc(F)c2)c1. The van der Waals surface area contributed by atoms with Gasteiger partial charge < -0.3 is 15.4 Å². The molecule has 2 aromatic carbocycles. The molecule has 138 valence electrons. The third-order valence-corrected chi connectivity index (χ3v) is 4.05. The quantitative estimate of drug-likeness (QED) is 0.747.